The number of carbonyl (C=O) groups excluding carboxylic acids is 1. The van der Waals surface area contributed by atoms with Crippen molar-refractivity contribution in [2.45, 2.75) is 39.9 Å². The molecule has 1 rings (SSSR count). The van der Waals surface area contributed by atoms with Crippen LogP contribution in [0.4, 0.5) is 0 Å². The number of hydrogen-bond acceptors (Lipinski definition) is 4. The van der Waals surface area contributed by atoms with Crippen molar-refractivity contribution >= 4 is 6.29 Å². The molecule has 4 nitrogen and oxygen atoms in total. The van der Waals surface area contributed by atoms with Gasteiger partial charge in [0.1, 0.15) is 6.29 Å². The molecule has 1 N–H and O–H groups in total. The van der Waals surface area contributed by atoms with E-state index >= 15 is 0 Å². The molecule has 0 bridgehead atoms. The van der Waals surface area contributed by atoms with Gasteiger partial charge in [0.2, 0.25) is 5.75 Å². The van der Waals surface area contributed by atoms with Crippen LogP contribution in [0.25, 0.3) is 0 Å². The van der Waals surface area contributed by atoms with E-state index in [0.717, 1.165) is 0 Å². The molecule has 0 saturated carbocycles. The van der Waals surface area contributed by atoms with E-state index in [1.807, 2.05) is 27.7 Å². The molecule has 0 spiro atoms. The lowest BCUT2D eigenvalue weighted by Gasteiger charge is -2.16. The van der Waals surface area contributed by atoms with Crippen molar-refractivity contribution in [2.24, 2.45) is 0 Å². The Morgan fingerprint density at radius 3 is 1.76 bits per heavy atom. The maximum Gasteiger partial charge on any atom is 0.200 e. The number of ether oxygens (including phenoxy) is 2. The van der Waals surface area contributed by atoms with Gasteiger partial charge in [-0.25, -0.2) is 0 Å². The molecular formula is C13H18O4. The minimum atomic E-state index is -0.0882. The van der Waals surface area contributed by atoms with Gasteiger partial charge in [0.25, 0.3) is 0 Å². The molecule has 0 saturated heterocycles. The van der Waals surface area contributed by atoms with E-state index < -0.39 is 0 Å². The first kappa shape index (κ1) is 13.4. The summed E-state index contributed by atoms with van der Waals surface area (Å²) in [4.78, 5) is 10.8. The largest absolute Gasteiger partial charge is 0.502 e. The average molecular weight is 238 g/mol. The van der Waals surface area contributed by atoms with Crippen molar-refractivity contribution in [2.75, 3.05) is 0 Å². The van der Waals surface area contributed by atoms with Crippen LogP contribution >= 0.6 is 0 Å². The van der Waals surface area contributed by atoms with E-state index in [4.69, 9.17) is 9.47 Å². The van der Waals surface area contributed by atoms with Crippen LogP contribution in [0.5, 0.6) is 17.2 Å². The van der Waals surface area contributed by atoms with Gasteiger partial charge in [-0.3, -0.25) is 4.79 Å². The van der Waals surface area contributed by atoms with Gasteiger partial charge in [-0.1, -0.05) is 0 Å². The van der Waals surface area contributed by atoms with Gasteiger partial charge in [-0.05, 0) is 39.8 Å². The van der Waals surface area contributed by atoms with Crippen LogP contribution in [0.3, 0.4) is 0 Å². The topological polar surface area (TPSA) is 55.8 Å². The van der Waals surface area contributed by atoms with E-state index in [0.29, 0.717) is 11.8 Å². The highest BCUT2D eigenvalue weighted by atomic mass is 16.5. The molecule has 0 aromatic heterocycles. The third-order valence-corrected chi connectivity index (χ3v) is 1.92. The standard InChI is InChI=1S/C13H18O4/c1-8(2)16-11-5-10(7-14)6-12(13(11)15)17-9(3)4/h5-9,15H,1-4H3. The lowest BCUT2D eigenvalue weighted by Crippen LogP contribution is -2.09. The Hall–Kier alpha value is -1.71. The number of rotatable bonds is 5. The third kappa shape index (κ3) is 3.66. The van der Waals surface area contributed by atoms with Crippen molar-refractivity contribution in [1.29, 1.82) is 0 Å². The molecule has 1 aromatic carbocycles. The number of benzene rings is 1. The minimum Gasteiger partial charge on any atom is -0.502 e. The fourth-order valence-corrected chi connectivity index (χ4v) is 1.36. The molecule has 94 valence electrons. The summed E-state index contributed by atoms with van der Waals surface area (Å²) in [6, 6.07) is 2.99. The fourth-order valence-electron chi connectivity index (χ4n) is 1.36. The van der Waals surface area contributed by atoms with Gasteiger partial charge in [-0.15, -0.1) is 0 Å². The first-order valence-corrected chi connectivity index (χ1v) is 5.59. The predicted molar refractivity (Wildman–Crippen MR) is 65.0 cm³/mol. The Morgan fingerprint density at radius 2 is 1.47 bits per heavy atom. The molecule has 0 heterocycles. The first-order valence-electron chi connectivity index (χ1n) is 5.59. The normalized spacial score (nSPS) is 10.7. The lowest BCUT2D eigenvalue weighted by atomic mass is 10.2. The highest BCUT2D eigenvalue weighted by Crippen LogP contribution is 2.38. The second-order valence-corrected chi connectivity index (χ2v) is 4.32. The highest BCUT2D eigenvalue weighted by Gasteiger charge is 2.14. The lowest BCUT2D eigenvalue weighted by molar-refractivity contribution is 0.112. The number of aldehydes is 1. The zero-order valence-electron chi connectivity index (χ0n) is 10.6. The predicted octanol–water partition coefficient (Wildman–Crippen LogP) is 2.78. The van der Waals surface area contributed by atoms with Gasteiger partial charge in [0.15, 0.2) is 11.5 Å². The zero-order chi connectivity index (χ0) is 13.0. The van der Waals surface area contributed by atoms with Gasteiger partial charge < -0.3 is 14.6 Å². The van der Waals surface area contributed by atoms with Gasteiger partial charge in [-0.2, -0.15) is 0 Å². The second-order valence-electron chi connectivity index (χ2n) is 4.32. The van der Waals surface area contributed by atoms with Crippen LogP contribution < -0.4 is 9.47 Å². The summed E-state index contributed by atoms with van der Waals surface area (Å²) >= 11 is 0. The molecule has 4 heteroatoms. The van der Waals surface area contributed by atoms with Crippen LogP contribution in [0.15, 0.2) is 12.1 Å². The molecule has 0 aliphatic carbocycles. The summed E-state index contributed by atoms with van der Waals surface area (Å²) in [5.41, 5.74) is 0.411. The second kappa shape index (κ2) is 5.57. The van der Waals surface area contributed by atoms with Crippen molar-refractivity contribution in [1.82, 2.24) is 0 Å². The number of phenols is 1. The van der Waals surface area contributed by atoms with E-state index in [1.165, 1.54) is 12.1 Å². The van der Waals surface area contributed by atoms with Crippen molar-refractivity contribution < 1.29 is 19.4 Å². The van der Waals surface area contributed by atoms with Gasteiger partial charge in [0, 0.05) is 5.56 Å². The number of carbonyl (C=O) groups is 1. The van der Waals surface area contributed by atoms with Crippen LogP contribution in [0, 0.1) is 0 Å². The van der Waals surface area contributed by atoms with Crippen molar-refractivity contribution in [3.05, 3.63) is 17.7 Å². The SMILES string of the molecule is CC(C)Oc1cc(C=O)cc(OC(C)C)c1O. The Balaban J connectivity index is 3.15. The Kier molecular flexibility index (Phi) is 4.37. The summed E-state index contributed by atoms with van der Waals surface area (Å²) in [6.45, 7) is 7.37. The van der Waals surface area contributed by atoms with E-state index in [9.17, 15) is 9.90 Å². The first-order chi connectivity index (χ1) is 7.93. The van der Waals surface area contributed by atoms with E-state index in [-0.39, 0.29) is 29.5 Å². The number of aromatic hydroxyl groups is 1. The highest BCUT2D eigenvalue weighted by molar-refractivity contribution is 5.78. The Bertz CT molecular complexity index is 365. The van der Waals surface area contributed by atoms with Crippen LogP contribution in [0.2, 0.25) is 0 Å². The van der Waals surface area contributed by atoms with Crippen molar-refractivity contribution in [3.63, 3.8) is 0 Å². The Labute approximate surface area is 101 Å². The molecule has 0 unspecified atom stereocenters. The maximum atomic E-state index is 10.8. The van der Waals surface area contributed by atoms with Crippen molar-refractivity contribution in [3.8, 4) is 17.2 Å². The molecule has 0 radical (unpaired) electrons. The summed E-state index contributed by atoms with van der Waals surface area (Å²) in [6.07, 6.45) is 0.518. The van der Waals surface area contributed by atoms with Gasteiger partial charge in [0.05, 0.1) is 12.2 Å². The molecule has 1 aromatic rings. The third-order valence-electron chi connectivity index (χ3n) is 1.92. The zero-order valence-corrected chi connectivity index (χ0v) is 10.6. The summed E-state index contributed by atoms with van der Waals surface area (Å²) in [5.74, 6) is 0.457. The molecular weight excluding hydrogens is 220 g/mol. The number of hydrogen-bond donors (Lipinski definition) is 1. The number of phenolic OH excluding ortho intramolecular Hbond substituents is 1. The van der Waals surface area contributed by atoms with Crippen LogP contribution in [-0.2, 0) is 0 Å². The molecule has 0 aliphatic rings. The van der Waals surface area contributed by atoms with E-state index in [1.54, 1.807) is 0 Å². The quantitative estimate of drug-likeness (QED) is 0.801. The van der Waals surface area contributed by atoms with Crippen LogP contribution in [-0.4, -0.2) is 23.6 Å². The molecule has 17 heavy (non-hydrogen) atoms. The fraction of sp³-hybridized carbons (Fsp3) is 0.462. The molecule has 0 amide bonds. The summed E-state index contributed by atoms with van der Waals surface area (Å²) in [7, 11) is 0. The maximum absolute atomic E-state index is 10.8. The monoisotopic (exact) mass is 238 g/mol. The summed E-state index contributed by atoms with van der Waals surface area (Å²) < 4.78 is 10.8. The molecule has 0 atom stereocenters. The van der Waals surface area contributed by atoms with E-state index in [2.05, 4.69) is 0 Å². The average Bonchev–Trinajstić information content (AvgIpc) is 2.22. The molecule has 0 aliphatic heterocycles. The minimum absolute atomic E-state index is 0.0713. The molecule has 0 fully saturated rings. The summed E-state index contributed by atoms with van der Waals surface area (Å²) in [5, 5.41) is 9.94. The smallest absolute Gasteiger partial charge is 0.200 e. The van der Waals surface area contributed by atoms with Crippen LogP contribution in [0.1, 0.15) is 38.1 Å². The Morgan fingerprint density at radius 1 is 1.06 bits per heavy atom. The van der Waals surface area contributed by atoms with Gasteiger partial charge >= 0.3 is 0 Å².